The number of nitrogens with zero attached hydrogens (tertiary/aromatic N) is 1. The monoisotopic (exact) mass is 435 g/mol. The van der Waals surface area contributed by atoms with Crippen molar-refractivity contribution in [3.05, 3.63) is 19.9 Å². The summed E-state index contributed by atoms with van der Waals surface area (Å²) in [6.07, 6.45) is -9.47. The van der Waals surface area contributed by atoms with Crippen LogP contribution in [-0.2, 0) is 6.18 Å². The molecule has 1 rings (SSSR count). The van der Waals surface area contributed by atoms with Crippen LogP contribution in [0.2, 0.25) is 0 Å². The quantitative estimate of drug-likeness (QED) is 0.483. The van der Waals surface area contributed by atoms with Gasteiger partial charge in [-0.1, -0.05) is 0 Å². The second-order valence-electron chi connectivity index (χ2n) is 2.64. The van der Waals surface area contributed by atoms with Crippen LogP contribution < -0.4 is 4.74 Å². The van der Waals surface area contributed by atoms with Crippen molar-refractivity contribution < 1.29 is 31.1 Å². The van der Waals surface area contributed by atoms with E-state index >= 15 is 0 Å². The second kappa shape index (κ2) is 4.78. The number of halogens is 8. The maximum absolute atomic E-state index is 12.4. The highest BCUT2D eigenvalue weighted by Gasteiger charge is 2.42. The fraction of sp³-hybridized carbons (Fsp3) is 0.286. The molecule has 17 heavy (non-hydrogen) atoms. The second-order valence-corrected chi connectivity index (χ2v) is 4.60. The Kier molecular flexibility index (Phi) is 4.16. The van der Waals surface area contributed by atoms with Crippen molar-refractivity contribution in [2.75, 3.05) is 0 Å². The molecule has 0 aromatic carbocycles. The third-order valence-electron chi connectivity index (χ3n) is 1.42. The molecule has 0 fully saturated rings. The van der Waals surface area contributed by atoms with E-state index in [2.05, 4.69) is 25.7 Å². The topological polar surface area (TPSA) is 22.1 Å². The highest BCUT2D eigenvalue weighted by atomic mass is 127. The highest BCUT2D eigenvalue weighted by Crippen LogP contribution is 2.42. The van der Waals surface area contributed by atoms with E-state index in [1.54, 1.807) is 0 Å². The Morgan fingerprint density at radius 2 is 1.71 bits per heavy atom. The summed E-state index contributed by atoms with van der Waals surface area (Å²) >= 11 is 4.13. The van der Waals surface area contributed by atoms with Crippen molar-refractivity contribution in [3.63, 3.8) is 0 Å². The van der Waals surface area contributed by atoms with Gasteiger partial charge in [0.1, 0.15) is 0 Å². The van der Waals surface area contributed by atoms with Crippen LogP contribution in [0.1, 0.15) is 5.69 Å². The summed E-state index contributed by atoms with van der Waals surface area (Å²) in [5, 5.41) is 0. The fourth-order valence-electron chi connectivity index (χ4n) is 0.860. The maximum Gasteiger partial charge on any atom is 0.573 e. The molecule has 0 aliphatic heterocycles. The lowest BCUT2D eigenvalue weighted by atomic mass is 10.3. The van der Waals surface area contributed by atoms with Crippen molar-refractivity contribution in [1.82, 2.24) is 4.98 Å². The molecule has 0 unspecified atom stereocenters. The molecule has 0 atom stereocenters. The van der Waals surface area contributed by atoms with Gasteiger partial charge in [0.15, 0.2) is 11.4 Å². The fourth-order valence-corrected chi connectivity index (χ4v) is 1.62. The van der Waals surface area contributed by atoms with Gasteiger partial charge in [-0.05, 0) is 38.5 Å². The smallest absolute Gasteiger partial charge is 0.402 e. The minimum Gasteiger partial charge on any atom is -0.402 e. The molecule has 10 heteroatoms. The van der Waals surface area contributed by atoms with Gasteiger partial charge in [-0.15, -0.1) is 13.2 Å². The van der Waals surface area contributed by atoms with Crippen molar-refractivity contribution in [1.29, 1.82) is 0 Å². The zero-order valence-electron chi connectivity index (χ0n) is 7.46. The predicted octanol–water partition coefficient (Wildman–Crippen LogP) is 4.37. The van der Waals surface area contributed by atoms with E-state index in [1.807, 2.05) is 0 Å². The first kappa shape index (κ1) is 14.8. The zero-order chi connectivity index (χ0) is 13.4. The van der Waals surface area contributed by atoms with Crippen molar-refractivity contribution in [2.45, 2.75) is 12.5 Å². The Labute approximate surface area is 113 Å². The lowest BCUT2D eigenvalue weighted by Gasteiger charge is -2.16. The van der Waals surface area contributed by atoms with Crippen molar-refractivity contribution in [3.8, 4) is 5.75 Å². The average molecular weight is 436 g/mol. The summed E-state index contributed by atoms with van der Waals surface area (Å²) in [6, 6.07) is 0. The Bertz CT molecular complexity index is 432. The predicted molar refractivity (Wildman–Crippen MR) is 56.3 cm³/mol. The van der Waals surface area contributed by atoms with Crippen LogP contribution in [0.4, 0.5) is 26.3 Å². The van der Waals surface area contributed by atoms with Crippen LogP contribution in [-0.4, -0.2) is 11.3 Å². The molecule has 0 amide bonds. The summed E-state index contributed by atoms with van der Waals surface area (Å²) in [5.41, 5.74) is -1.73. The van der Waals surface area contributed by atoms with Gasteiger partial charge in [0.25, 0.3) is 0 Å². The molecule has 0 N–H and O–H groups in total. The number of alkyl halides is 6. The zero-order valence-corrected chi connectivity index (χ0v) is 11.2. The van der Waals surface area contributed by atoms with Crippen molar-refractivity contribution >= 4 is 38.5 Å². The normalized spacial score (nSPS) is 12.7. The molecule has 1 aromatic rings. The van der Waals surface area contributed by atoms with E-state index in [-0.39, 0.29) is 3.57 Å². The first-order valence-electron chi connectivity index (χ1n) is 3.69. The lowest BCUT2D eigenvalue weighted by Crippen LogP contribution is -2.21. The molecule has 96 valence electrons. The first-order valence-corrected chi connectivity index (χ1v) is 5.56. The summed E-state index contributed by atoms with van der Waals surface area (Å²) < 4.78 is 76.1. The van der Waals surface area contributed by atoms with Gasteiger partial charge in [0, 0.05) is 9.77 Å². The summed E-state index contributed by atoms with van der Waals surface area (Å²) in [4.78, 5) is 2.91. The molecule has 0 saturated heterocycles. The lowest BCUT2D eigenvalue weighted by molar-refractivity contribution is -0.276. The standard InChI is InChI=1S/C7HBrF6INO/c8-3-2(15)1-16-5(6(9,10)11)4(3)17-7(12,13)14/h1H. The van der Waals surface area contributed by atoms with Crippen LogP contribution >= 0.6 is 38.5 Å². The SMILES string of the molecule is FC(F)(F)Oc1c(C(F)(F)F)ncc(I)c1Br. The molecule has 2 nitrogen and oxygen atoms in total. The van der Waals surface area contributed by atoms with Gasteiger partial charge in [0.2, 0.25) is 0 Å². The van der Waals surface area contributed by atoms with Gasteiger partial charge in [-0.25, -0.2) is 4.98 Å². The number of ether oxygens (including phenoxy) is 1. The van der Waals surface area contributed by atoms with Crippen LogP contribution in [0.15, 0.2) is 10.7 Å². The molecule has 0 bridgehead atoms. The molecular weight excluding hydrogens is 435 g/mol. The Morgan fingerprint density at radius 3 is 2.12 bits per heavy atom. The van der Waals surface area contributed by atoms with Crippen LogP contribution in [0, 0.1) is 3.57 Å². The number of rotatable bonds is 1. The number of pyridine rings is 1. The molecule has 1 heterocycles. The number of hydrogen-bond donors (Lipinski definition) is 0. The highest BCUT2D eigenvalue weighted by molar-refractivity contribution is 14.1. The molecule has 0 saturated carbocycles. The van der Waals surface area contributed by atoms with E-state index in [1.165, 1.54) is 22.6 Å². The third kappa shape index (κ3) is 3.86. The number of hydrogen-bond acceptors (Lipinski definition) is 2. The van der Waals surface area contributed by atoms with E-state index in [0.29, 0.717) is 0 Å². The summed E-state index contributed by atoms with van der Waals surface area (Å²) in [6.45, 7) is 0. The Hall–Kier alpha value is -0.260. The molecular formula is C7HBrF6INO. The molecule has 0 radical (unpaired) electrons. The van der Waals surface area contributed by atoms with Gasteiger partial charge >= 0.3 is 12.5 Å². The molecule has 0 aliphatic carbocycles. The molecule has 0 spiro atoms. The van der Waals surface area contributed by atoms with Gasteiger partial charge in [-0.2, -0.15) is 13.2 Å². The summed E-state index contributed by atoms with van der Waals surface area (Å²) in [5.74, 6) is -1.39. The Morgan fingerprint density at radius 1 is 1.18 bits per heavy atom. The van der Waals surface area contributed by atoms with Crippen LogP contribution in [0.25, 0.3) is 0 Å². The van der Waals surface area contributed by atoms with Crippen LogP contribution in [0.5, 0.6) is 5.75 Å². The average Bonchev–Trinajstić information content (AvgIpc) is 2.08. The summed E-state index contributed by atoms with van der Waals surface area (Å²) in [7, 11) is 0. The third-order valence-corrected chi connectivity index (χ3v) is 3.76. The first-order chi connectivity index (χ1) is 7.52. The van der Waals surface area contributed by atoms with Crippen LogP contribution in [0.3, 0.4) is 0 Å². The number of aromatic nitrogens is 1. The molecule has 0 aliphatic rings. The van der Waals surface area contributed by atoms with Gasteiger partial charge < -0.3 is 4.74 Å². The van der Waals surface area contributed by atoms with Gasteiger partial charge in [-0.3, -0.25) is 0 Å². The Balaban J connectivity index is 3.37. The largest absolute Gasteiger partial charge is 0.573 e. The van der Waals surface area contributed by atoms with E-state index in [9.17, 15) is 26.3 Å². The van der Waals surface area contributed by atoms with Gasteiger partial charge in [0.05, 0.1) is 4.47 Å². The van der Waals surface area contributed by atoms with Crippen molar-refractivity contribution in [2.24, 2.45) is 0 Å². The molecule has 1 aromatic heterocycles. The minimum absolute atomic E-state index is 0.0647. The maximum atomic E-state index is 12.4. The minimum atomic E-state index is -5.23. The van der Waals surface area contributed by atoms with E-state index < -0.39 is 28.5 Å². The van der Waals surface area contributed by atoms with E-state index in [0.717, 1.165) is 6.20 Å². The van der Waals surface area contributed by atoms with E-state index in [4.69, 9.17) is 0 Å².